The highest BCUT2D eigenvalue weighted by molar-refractivity contribution is 5.95. The van der Waals surface area contributed by atoms with E-state index in [0.717, 1.165) is 49.0 Å². The number of likely N-dealkylation sites (tertiary alicyclic amines) is 1. The second-order valence-corrected chi connectivity index (χ2v) is 8.15. The second kappa shape index (κ2) is 7.12. The largest absolute Gasteiger partial charge is 0.368 e. The molecular weight excluding hydrogens is 378 g/mol. The Hall–Kier alpha value is -3.42. The van der Waals surface area contributed by atoms with E-state index in [1.54, 1.807) is 18.6 Å². The average Bonchev–Trinajstić information content (AvgIpc) is 3.10. The molecule has 0 radical (unpaired) electrons. The quantitative estimate of drug-likeness (QED) is 0.701. The molecule has 2 N–H and O–H groups in total. The van der Waals surface area contributed by atoms with Gasteiger partial charge in [0.2, 0.25) is 5.95 Å². The van der Waals surface area contributed by atoms with Gasteiger partial charge >= 0.3 is 0 Å². The Morgan fingerprint density at radius 1 is 1.17 bits per heavy atom. The molecule has 5 rings (SSSR count). The van der Waals surface area contributed by atoms with Crippen LogP contribution in [0.1, 0.15) is 46.6 Å². The molecule has 1 aliphatic carbocycles. The summed E-state index contributed by atoms with van der Waals surface area (Å²) in [5.74, 6) is 0.845. The van der Waals surface area contributed by atoms with Gasteiger partial charge in [-0.25, -0.2) is 19.9 Å². The molecule has 0 saturated carbocycles. The summed E-state index contributed by atoms with van der Waals surface area (Å²) in [6, 6.07) is 3.75. The van der Waals surface area contributed by atoms with E-state index in [2.05, 4.69) is 24.9 Å². The monoisotopic (exact) mass is 401 g/mol. The predicted octanol–water partition coefficient (Wildman–Crippen LogP) is 2.34. The van der Waals surface area contributed by atoms with Crippen LogP contribution >= 0.6 is 0 Å². The lowest BCUT2D eigenvalue weighted by Gasteiger charge is -2.40. The maximum absolute atomic E-state index is 13.4. The molecule has 8 heteroatoms. The van der Waals surface area contributed by atoms with Gasteiger partial charge in [-0.2, -0.15) is 0 Å². The first kappa shape index (κ1) is 18.6. The van der Waals surface area contributed by atoms with Crippen LogP contribution in [0.25, 0.3) is 11.4 Å². The highest BCUT2D eigenvalue weighted by Crippen LogP contribution is 2.44. The molecule has 2 aliphatic rings. The van der Waals surface area contributed by atoms with Crippen LogP contribution in [0.5, 0.6) is 0 Å². The Kier molecular flexibility index (Phi) is 4.42. The first-order valence-electron chi connectivity index (χ1n) is 10.2. The van der Waals surface area contributed by atoms with Gasteiger partial charge in [0.05, 0.1) is 17.0 Å². The lowest BCUT2D eigenvalue weighted by molar-refractivity contribution is 0.0632. The van der Waals surface area contributed by atoms with Crippen molar-refractivity contribution < 1.29 is 4.79 Å². The summed E-state index contributed by atoms with van der Waals surface area (Å²) in [5, 5.41) is 0. The molecule has 1 spiro atoms. The number of pyridine rings is 1. The average molecular weight is 401 g/mol. The van der Waals surface area contributed by atoms with Crippen LogP contribution in [0.4, 0.5) is 5.95 Å². The van der Waals surface area contributed by atoms with E-state index in [1.807, 2.05) is 30.2 Å². The summed E-state index contributed by atoms with van der Waals surface area (Å²) in [7, 11) is 0. The van der Waals surface area contributed by atoms with Crippen LogP contribution in [0, 0.1) is 6.92 Å². The summed E-state index contributed by atoms with van der Waals surface area (Å²) in [4.78, 5) is 37.1. The number of nitrogens with two attached hydrogens (primary N) is 1. The molecule has 4 heterocycles. The van der Waals surface area contributed by atoms with Crippen molar-refractivity contribution in [3.8, 4) is 11.4 Å². The van der Waals surface area contributed by atoms with Crippen molar-refractivity contribution in [1.82, 2.24) is 29.8 Å². The third-order valence-electron chi connectivity index (χ3n) is 6.25. The van der Waals surface area contributed by atoms with E-state index in [0.29, 0.717) is 29.6 Å². The molecule has 8 nitrogen and oxygen atoms in total. The molecule has 0 aromatic carbocycles. The first-order valence-corrected chi connectivity index (χ1v) is 10.2. The zero-order valence-corrected chi connectivity index (χ0v) is 16.9. The lowest BCUT2D eigenvalue weighted by Crippen LogP contribution is -2.48. The maximum atomic E-state index is 13.4. The maximum Gasteiger partial charge on any atom is 0.257 e. The zero-order chi connectivity index (χ0) is 20.7. The number of nitrogens with zero attached hydrogens (tertiary/aromatic N) is 6. The zero-order valence-electron chi connectivity index (χ0n) is 16.9. The first-order chi connectivity index (χ1) is 14.6. The topological polar surface area (TPSA) is 111 Å². The molecule has 1 atom stereocenters. The molecule has 1 aliphatic heterocycles. The van der Waals surface area contributed by atoms with Gasteiger partial charge in [0.25, 0.3) is 5.91 Å². The number of hydrogen-bond acceptors (Lipinski definition) is 7. The Labute approximate surface area is 174 Å². The minimum absolute atomic E-state index is 0.0280. The van der Waals surface area contributed by atoms with Gasteiger partial charge in [0, 0.05) is 48.9 Å². The third kappa shape index (κ3) is 3.08. The van der Waals surface area contributed by atoms with Crippen molar-refractivity contribution in [1.29, 1.82) is 0 Å². The van der Waals surface area contributed by atoms with E-state index >= 15 is 0 Å². The number of piperidine rings is 1. The van der Waals surface area contributed by atoms with Crippen LogP contribution < -0.4 is 5.73 Å². The molecule has 152 valence electrons. The van der Waals surface area contributed by atoms with E-state index in [4.69, 9.17) is 5.73 Å². The Bertz CT molecular complexity index is 1110. The Morgan fingerprint density at radius 2 is 2.07 bits per heavy atom. The van der Waals surface area contributed by atoms with Gasteiger partial charge in [0.1, 0.15) is 0 Å². The van der Waals surface area contributed by atoms with Gasteiger partial charge < -0.3 is 10.6 Å². The van der Waals surface area contributed by atoms with Crippen molar-refractivity contribution >= 4 is 11.9 Å². The van der Waals surface area contributed by atoms with Crippen LogP contribution in [-0.2, 0) is 11.8 Å². The molecule has 1 fully saturated rings. The molecule has 1 unspecified atom stereocenters. The number of anilines is 1. The van der Waals surface area contributed by atoms with Gasteiger partial charge in [-0.15, -0.1) is 0 Å². The van der Waals surface area contributed by atoms with Crippen LogP contribution in [-0.4, -0.2) is 48.8 Å². The Balaban J connectivity index is 1.42. The van der Waals surface area contributed by atoms with E-state index in [9.17, 15) is 4.79 Å². The minimum Gasteiger partial charge on any atom is -0.368 e. The van der Waals surface area contributed by atoms with E-state index in [1.165, 1.54) is 0 Å². The predicted molar refractivity (Wildman–Crippen MR) is 112 cm³/mol. The second-order valence-electron chi connectivity index (χ2n) is 8.15. The number of rotatable bonds is 2. The molecule has 3 aromatic heterocycles. The number of amides is 1. The standard InChI is InChI=1S/C22H23N7O/c1-14-17(12-25-19(27-14)16-4-2-8-24-10-16)20(30)29-9-3-6-22(13-29)7-5-15-11-26-21(23)28-18(15)22/h2,4,8,10-12H,3,5-7,9,13H2,1H3,(H2,23,26,28). The Morgan fingerprint density at radius 3 is 2.87 bits per heavy atom. The number of carbonyl (C=O) groups excluding carboxylic acids is 1. The lowest BCUT2D eigenvalue weighted by atomic mass is 9.77. The van der Waals surface area contributed by atoms with Gasteiger partial charge in [-0.05, 0) is 50.3 Å². The summed E-state index contributed by atoms with van der Waals surface area (Å²) >= 11 is 0. The number of aryl methyl sites for hydroxylation is 2. The number of aromatic nitrogens is 5. The molecule has 1 saturated heterocycles. The summed E-state index contributed by atoms with van der Waals surface area (Å²) in [6.07, 6.45) is 10.7. The van der Waals surface area contributed by atoms with Crippen LogP contribution in [0.2, 0.25) is 0 Å². The third-order valence-corrected chi connectivity index (χ3v) is 6.25. The number of fused-ring (bicyclic) bond motifs is 2. The molecule has 30 heavy (non-hydrogen) atoms. The SMILES string of the molecule is Cc1nc(-c2cccnc2)ncc1C(=O)N1CCCC2(CCc3cnc(N)nc32)C1. The molecular formula is C22H23N7O. The number of hydrogen-bond donors (Lipinski definition) is 1. The summed E-state index contributed by atoms with van der Waals surface area (Å²) in [5.41, 5.74) is 9.95. The van der Waals surface area contributed by atoms with Crippen LogP contribution in [0.3, 0.4) is 0 Å². The fourth-order valence-electron chi connectivity index (χ4n) is 4.74. The fraction of sp³-hybridized carbons (Fsp3) is 0.364. The summed E-state index contributed by atoms with van der Waals surface area (Å²) < 4.78 is 0. The highest BCUT2D eigenvalue weighted by atomic mass is 16.2. The van der Waals surface area contributed by atoms with Gasteiger partial charge in [-0.3, -0.25) is 9.78 Å². The molecule has 1 amide bonds. The van der Waals surface area contributed by atoms with Crippen molar-refractivity contribution in [2.24, 2.45) is 0 Å². The number of carbonyl (C=O) groups is 1. The van der Waals surface area contributed by atoms with E-state index in [-0.39, 0.29) is 11.3 Å². The molecule has 3 aromatic rings. The van der Waals surface area contributed by atoms with Crippen molar-refractivity contribution in [3.63, 3.8) is 0 Å². The fourth-order valence-corrected chi connectivity index (χ4v) is 4.74. The van der Waals surface area contributed by atoms with Crippen molar-refractivity contribution in [3.05, 3.63) is 59.4 Å². The van der Waals surface area contributed by atoms with Crippen molar-refractivity contribution in [2.45, 2.75) is 38.0 Å². The van der Waals surface area contributed by atoms with Gasteiger partial charge in [-0.1, -0.05) is 0 Å². The van der Waals surface area contributed by atoms with Crippen molar-refractivity contribution in [2.75, 3.05) is 18.8 Å². The van der Waals surface area contributed by atoms with E-state index < -0.39 is 0 Å². The minimum atomic E-state index is -0.134. The van der Waals surface area contributed by atoms with Crippen LogP contribution in [0.15, 0.2) is 36.9 Å². The molecule has 0 bridgehead atoms. The van der Waals surface area contributed by atoms with Gasteiger partial charge in [0.15, 0.2) is 5.82 Å². The normalized spacial score (nSPS) is 20.4. The number of nitrogen functional groups attached to an aromatic ring is 1. The smallest absolute Gasteiger partial charge is 0.257 e. The summed E-state index contributed by atoms with van der Waals surface area (Å²) in [6.45, 7) is 3.21. The highest BCUT2D eigenvalue weighted by Gasteiger charge is 2.45.